The van der Waals surface area contributed by atoms with Gasteiger partial charge >= 0.3 is 6.09 Å². The van der Waals surface area contributed by atoms with Gasteiger partial charge in [-0.15, -0.1) is 24.0 Å². The van der Waals surface area contributed by atoms with Gasteiger partial charge < -0.3 is 25.6 Å². The van der Waals surface area contributed by atoms with Crippen molar-refractivity contribution in [2.45, 2.75) is 72.1 Å². The molecule has 0 bridgehead atoms. The van der Waals surface area contributed by atoms with Crippen molar-refractivity contribution < 1.29 is 14.3 Å². The molecule has 0 aliphatic carbocycles. The van der Waals surface area contributed by atoms with Gasteiger partial charge in [0.15, 0.2) is 5.96 Å². The number of nitrogens with one attached hydrogen (secondary N) is 3. The minimum absolute atomic E-state index is 0. The van der Waals surface area contributed by atoms with Crippen LogP contribution in [0.4, 0.5) is 4.79 Å². The highest BCUT2D eigenvalue weighted by atomic mass is 127. The highest BCUT2D eigenvalue weighted by Crippen LogP contribution is 2.10. The highest BCUT2D eigenvalue weighted by Gasteiger charge is 2.24. The van der Waals surface area contributed by atoms with E-state index in [1.807, 2.05) is 48.6 Å². The normalized spacial score (nSPS) is 19.0. The molecular formula is C19H38IN5O3. The number of carbonyl (C=O) groups is 2. The number of likely N-dealkylation sites (tertiary alicyclic amines) is 1. The van der Waals surface area contributed by atoms with Crippen molar-refractivity contribution in [2.24, 2.45) is 10.9 Å². The summed E-state index contributed by atoms with van der Waals surface area (Å²) in [6.07, 6.45) is 0.904. The smallest absolute Gasteiger partial charge is 0.407 e. The molecule has 0 saturated carbocycles. The fourth-order valence-corrected chi connectivity index (χ4v) is 2.72. The number of hydrogen-bond acceptors (Lipinski definition) is 4. The lowest BCUT2D eigenvalue weighted by Crippen LogP contribution is -2.52. The van der Waals surface area contributed by atoms with E-state index < -0.39 is 11.7 Å². The SMILES string of the molecule is CCNC(=NCC(NC(=O)OC(C)(C)C)C(C)C)NC1CCC(=O)N(C)C1.I. The van der Waals surface area contributed by atoms with Crippen LogP contribution in [0.1, 0.15) is 54.4 Å². The fourth-order valence-electron chi connectivity index (χ4n) is 2.72. The third-order valence-corrected chi connectivity index (χ3v) is 4.26. The van der Waals surface area contributed by atoms with Crippen molar-refractivity contribution in [3.63, 3.8) is 0 Å². The third kappa shape index (κ3) is 10.3. The highest BCUT2D eigenvalue weighted by molar-refractivity contribution is 14.0. The molecule has 0 aromatic carbocycles. The molecule has 1 aliphatic heterocycles. The number of nitrogens with zero attached hydrogens (tertiary/aromatic N) is 2. The van der Waals surface area contributed by atoms with E-state index in [9.17, 15) is 9.59 Å². The Balaban J connectivity index is 0.00000729. The molecule has 164 valence electrons. The molecular weight excluding hydrogens is 473 g/mol. The Morgan fingerprint density at radius 3 is 2.50 bits per heavy atom. The molecule has 1 heterocycles. The quantitative estimate of drug-likeness (QED) is 0.289. The number of aliphatic imine (C=N–C) groups is 1. The Hall–Kier alpha value is -1.26. The number of guanidine groups is 1. The molecule has 0 aromatic rings. The molecule has 0 radical (unpaired) electrons. The van der Waals surface area contributed by atoms with Crippen LogP contribution in [0, 0.1) is 5.92 Å². The second-order valence-corrected chi connectivity index (χ2v) is 8.37. The molecule has 1 aliphatic rings. The van der Waals surface area contributed by atoms with Crippen molar-refractivity contribution in [1.29, 1.82) is 0 Å². The summed E-state index contributed by atoms with van der Waals surface area (Å²) in [5, 5.41) is 9.54. The topological polar surface area (TPSA) is 95.1 Å². The number of likely N-dealkylation sites (N-methyl/N-ethyl adjacent to an activating group) is 1. The largest absolute Gasteiger partial charge is 0.444 e. The Labute approximate surface area is 186 Å². The van der Waals surface area contributed by atoms with E-state index in [2.05, 4.69) is 20.9 Å². The van der Waals surface area contributed by atoms with Crippen LogP contribution in [0.15, 0.2) is 4.99 Å². The summed E-state index contributed by atoms with van der Waals surface area (Å²) in [5.74, 6) is 1.08. The molecule has 2 unspecified atom stereocenters. The van der Waals surface area contributed by atoms with E-state index in [-0.39, 0.29) is 47.9 Å². The summed E-state index contributed by atoms with van der Waals surface area (Å²) in [7, 11) is 1.82. The molecule has 0 spiro atoms. The number of ether oxygens (including phenoxy) is 1. The van der Waals surface area contributed by atoms with E-state index in [1.54, 1.807) is 4.90 Å². The maximum atomic E-state index is 12.1. The molecule has 1 rings (SSSR count). The van der Waals surface area contributed by atoms with Crippen molar-refractivity contribution in [2.75, 3.05) is 26.7 Å². The molecule has 2 atom stereocenters. The average Bonchev–Trinajstić information content (AvgIpc) is 2.53. The van der Waals surface area contributed by atoms with E-state index in [0.29, 0.717) is 25.5 Å². The number of rotatable bonds is 6. The zero-order valence-electron chi connectivity index (χ0n) is 18.3. The van der Waals surface area contributed by atoms with Crippen LogP contribution >= 0.6 is 24.0 Å². The zero-order valence-corrected chi connectivity index (χ0v) is 20.6. The lowest BCUT2D eigenvalue weighted by Gasteiger charge is -2.31. The van der Waals surface area contributed by atoms with Crippen LogP contribution in [0.25, 0.3) is 0 Å². The Morgan fingerprint density at radius 1 is 1.36 bits per heavy atom. The van der Waals surface area contributed by atoms with E-state index in [4.69, 9.17) is 4.74 Å². The number of carbonyl (C=O) groups excluding carboxylic acids is 2. The maximum Gasteiger partial charge on any atom is 0.407 e. The van der Waals surface area contributed by atoms with Crippen molar-refractivity contribution >= 4 is 41.9 Å². The summed E-state index contributed by atoms with van der Waals surface area (Å²) in [5.41, 5.74) is -0.532. The molecule has 3 N–H and O–H groups in total. The summed E-state index contributed by atoms with van der Waals surface area (Å²) < 4.78 is 5.35. The lowest BCUT2D eigenvalue weighted by atomic mass is 10.0. The summed E-state index contributed by atoms with van der Waals surface area (Å²) in [6.45, 7) is 13.4. The first-order valence-corrected chi connectivity index (χ1v) is 9.80. The van der Waals surface area contributed by atoms with Crippen LogP contribution in [-0.2, 0) is 9.53 Å². The van der Waals surface area contributed by atoms with Gasteiger partial charge in [0.25, 0.3) is 0 Å². The van der Waals surface area contributed by atoms with E-state index in [1.165, 1.54) is 0 Å². The average molecular weight is 511 g/mol. The van der Waals surface area contributed by atoms with Gasteiger partial charge in [-0.1, -0.05) is 13.8 Å². The number of alkyl carbamates (subject to hydrolysis) is 1. The molecule has 0 aromatic heterocycles. The monoisotopic (exact) mass is 511 g/mol. The molecule has 2 amide bonds. The first-order chi connectivity index (χ1) is 12.5. The standard InChI is InChI=1S/C19H37N5O3.HI/c1-8-20-17(22-14-9-10-16(25)24(7)12-14)21-11-15(13(2)3)23-18(26)27-19(4,5)6;/h13-15H,8-12H2,1-7H3,(H,23,26)(H2,20,21,22);1H. The second kappa shape index (κ2) is 12.3. The second-order valence-electron chi connectivity index (χ2n) is 8.37. The molecule has 1 fully saturated rings. The number of halogens is 1. The maximum absolute atomic E-state index is 12.1. The van der Waals surface area contributed by atoms with Gasteiger partial charge in [-0.05, 0) is 40.0 Å². The number of amides is 2. The fraction of sp³-hybridized carbons (Fsp3) is 0.842. The van der Waals surface area contributed by atoms with Gasteiger partial charge in [0.05, 0.1) is 12.6 Å². The van der Waals surface area contributed by atoms with Gasteiger partial charge in [-0.3, -0.25) is 9.79 Å². The molecule has 28 heavy (non-hydrogen) atoms. The first-order valence-electron chi connectivity index (χ1n) is 9.80. The van der Waals surface area contributed by atoms with Gasteiger partial charge in [0, 0.05) is 32.6 Å². The summed E-state index contributed by atoms with van der Waals surface area (Å²) in [6, 6.07) is 0.0349. The predicted molar refractivity (Wildman–Crippen MR) is 123 cm³/mol. The molecule has 9 heteroatoms. The lowest BCUT2D eigenvalue weighted by molar-refractivity contribution is -0.132. The Kier molecular flexibility index (Phi) is 11.8. The summed E-state index contributed by atoms with van der Waals surface area (Å²) >= 11 is 0. The predicted octanol–water partition coefficient (Wildman–Crippen LogP) is 2.33. The minimum atomic E-state index is -0.532. The van der Waals surface area contributed by atoms with Gasteiger partial charge in [-0.2, -0.15) is 0 Å². The van der Waals surface area contributed by atoms with Crippen molar-refractivity contribution in [3.05, 3.63) is 0 Å². The Bertz CT molecular complexity index is 534. The van der Waals surface area contributed by atoms with Gasteiger partial charge in [0.1, 0.15) is 5.60 Å². The summed E-state index contributed by atoms with van der Waals surface area (Å²) in [4.78, 5) is 30.1. The first kappa shape index (κ1) is 26.7. The van der Waals surface area contributed by atoms with E-state index >= 15 is 0 Å². The zero-order chi connectivity index (χ0) is 20.6. The van der Waals surface area contributed by atoms with Gasteiger partial charge in [-0.25, -0.2) is 4.79 Å². The number of hydrogen-bond donors (Lipinski definition) is 3. The van der Waals surface area contributed by atoms with Crippen molar-refractivity contribution in [1.82, 2.24) is 20.9 Å². The van der Waals surface area contributed by atoms with Crippen molar-refractivity contribution in [3.8, 4) is 0 Å². The van der Waals surface area contributed by atoms with Crippen LogP contribution in [0.2, 0.25) is 0 Å². The van der Waals surface area contributed by atoms with Gasteiger partial charge in [0.2, 0.25) is 5.91 Å². The third-order valence-electron chi connectivity index (χ3n) is 4.26. The Morgan fingerprint density at radius 2 is 2.00 bits per heavy atom. The van der Waals surface area contributed by atoms with Crippen LogP contribution in [0.3, 0.4) is 0 Å². The van der Waals surface area contributed by atoms with Crippen LogP contribution < -0.4 is 16.0 Å². The molecule has 1 saturated heterocycles. The minimum Gasteiger partial charge on any atom is -0.444 e. The molecule has 8 nitrogen and oxygen atoms in total. The van der Waals surface area contributed by atoms with Crippen LogP contribution in [0.5, 0.6) is 0 Å². The number of piperidine rings is 1. The van der Waals surface area contributed by atoms with Crippen LogP contribution in [-0.4, -0.2) is 67.2 Å². The van der Waals surface area contributed by atoms with E-state index in [0.717, 1.165) is 13.0 Å².